The second-order valence-corrected chi connectivity index (χ2v) is 7.79. The number of benzene rings is 1. The number of rotatable bonds is 4. The van der Waals surface area contributed by atoms with Crippen LogP contribution in [0.25, 0.3) is 0 Å². The molecule has 4 aliphatic carbocycles. The van der Waals surface area contributed by atoms with Crippen LogP contribution in [0.1, 0.15) is 43.6 Å². The molecule has 5 rings (SSSR count). The smallest absolute Gasteiger partial charge is 0.122 e. The molecule has 4 saturated carbocycles. The summed E-state index contributed by atoms with van der Waals surface area (Å²) in [6, 6.07) is 10.2. The quantitative estimate of drug-likeness (QED) is 0.912. The SMILES string of the molecule is COc1ccccc1C1CC(NC2C3C4CCC(C4)C23)C1. The van der Waals surface area contributed by atoms with Crippen LogP contribution in [0.5, 0.6) is 5.75 Å². The normalized spacial score (nSPS) is 46.0. The average molecular weight is 283 g/mol. The molecular formula is C19H25NO. The van der Waals surface area contributed by atoms with E-state index in [1.807, 2.05) is 0 Å². The summed E-state index contributed by atoms with van der Waals surface area (Å²) in [5.41, 5.74) is 1.41. The molecule has 1 aromatic rings. The van der Waals surface area contributed by atoms with Crippen LogP contribution in [0.15, 0.2) is 24.3 Å². The van der Waals surface area contributed by atoms with Gasteiger partial charge in [-0.1, -0.05) is 18.2 Å². The second-order valence-electron chi connectivity index (χ2n) is 7.79. The van der Waals surface area contributed by atoms with Crippen molar-refractivity contribution in [2.45, 2.75) is 50.1 Å². The average Bonchev–Trinajstić information content (AvgIpc) is 2.86. The summed E-state index contributed by atoms with van der Waals surface area (Å²) in [7, 11) is 1.79. The van der Waals surface area contributed by atoms with Crippen LogP contribution in [0, 0.1) is 23.7 Å². The number of hydrogen-bond donors (Lipinski definition) is 1. The molecule has 1 aromatic carbocycles. The highest BCUT2D eigenvalue weighted by Gasteiger charge is 2.65. The number of hydrogen-bond acceptors (Lipinski definition) is 2. The Kier molecular flexibility index (Phi) is 2.67. The van der Waals surface area contributed by atoms with Gasteiger partial charge in [-0.3, -0.25) is 0 Å². The van der Waals surface area contributed by atoms with E-state index in [2.05, 4.69) is 29.6 Å². The van der Waals surface area contributed by atoms with Crippen molar-refractivity contribution in [2.24, 2.45) is 23.7 Å². The first kappa shape index (κ1) is 12.5. The van der Waals surface area contributed by atoms with Gasteiger partial charge in [-0.2, -0.15) is 0 Å². The third-order valence-electron chi connectivity index (χ3n) is 6.88. The maximum absolute atomic E-state index is 5.51. The minimum Gasteiger partial charge on any atom is -0.496 e. The van der Waals surface area contributed by atoms with Gasteiger partial charge in [-0.15, -0.1) is 0 Å². The Bertz CT molecular complexity index is 534. The van der Waals surface area contributed by atoms with Crippen LogP contribution < -0.4 is 10.1 Å². The molecular weight excluding hydrogens is 258 g/mol. The highest BCUT2D eigenvalue weighted by Crippen LogP contribution is 2.66. The van der Waals surface area contributed by atoms with Crippen LogP contribution in [0.4, 0.5) is 0 Å². The summed E-state index contributed by atoms with van der Waals surface area (Å²) < 4.78 is 5.51. The van der Waals surface area contributed by atoms with E-state index in [1.165, 1.54) is 31.2 Å². The molecule has 0 amide bonds. The minimum absolute atomic E-state index is 0.703. The first-order valence-electron chi connectivity index (χ1n) is 8.74. The third kappa shape index (κ3) is 1.81. The molecule has 0 aliphatic heterocycles. The lowest BCUT2D eigenvalue weighted by molar-refractivity contribution is 0.266. The second kappa shape index (κ2) is 4.49. The molecule has 2 heteroatoms. The van der Waals surface area contributed by atoms with Crippen molar-refractivity contribution in [3.8, 4) is 5.75 Å². The zero-order valence-electron chi connectivity index (χ0n) is 12.8. The van der Waals surface area contributed by atoms with Crippen molar-refractivity contribution in [1.82, 2.24) is 5.32 Å². The zero-order valence-corrected chi connectivity index (χ0v) is 12.8. The fraction of sp³-hybridized carbons (Fsp3) is 0.684. The zero-order chi connectivity index (χ0) is 14.0. The Morgan fingerprint density at radius 1 is 1.00 bits per heavy atom. The van der Waals surface area contributed by atoms with E-state index in [0.29, 0.717) is 5.92 Å². The molecule has 0 heterocycles. The first-order chi connectivity index (χ1) is 10.3. The van der Waals surface area contributed by atoms with Gasteiger partial charge in [-0.25, -0.2) is 0 Å². The molecule has 4 unspecified atom stereocenters. The first-order valence-corrected chi connectivity index (χ1v) is 8.74. The monoisotopic (exact) mass is 283 g/mol. The summed E-state index contributed by atoms with van der Waals surface area (Å²) >= 11 is 0. The molecule has 21 heavy (non-hydrogen) atoms. The van der Waals surface area contributed by atoms with Crippen molar-refractivity contribution in [2.75, 3.05) is 7.11 Å². The van der Waals surface area contributed by atoms with E-state index >= 15 is 0 Å². The Hall–Kier alpha value is -1.02. The summed E-state index contributed by atoms with van der Waals surface area (Å²) in [6.45, 7) is 0. The van der Waals surface area contributed by atoms with Gasteiger partial charge < -0.3 is 10.1 Å². The molecule has 1 N–H and O–H groups in total. The van der Waals surface area contributed by atoms with E-state index in [9.17, 15) is 0 Å². The topological polar surface area (TPSA) is 21.3 Å². The molecule has 2 nitrogen and oxygen atoms in total. The molecule has 0 spiro atoms. The van der Waals surface area contributed by atoms with E-state index in [1.54, 1.807) is 13.5 Å². The number of methoxy groups -OCH3 is 1. The number of ether oxygens (including phenoxy) is 1. The Balaban J connectivity index is 1.19. The lowest BCUT2D eigenvalue weighted by Gasteiger charge is -2.37. The summed E-state index contributed by atoms with van der Waals surface area (Å²) in [5, 5.41) is 3.99. The Morgan fingerprint density at radius 2 is 1.71 bits per heavy atom. The summed E-state index contributed by atoms with van der Waals surface area (Å²) in [4.78, 5) is 0. The number of para-hydroxylation sites is 1. The fourth-order valence-corrected chi connectivity index (χ4v) is 5.83. The van der Waals surface area contributed by atoms with Gasteiger partial charge >= 0.3 is 0 Å². The van der Waals surface area contributed by atoms with Crippen molar-refractivity contribution in [1.29, 1.82) is 0 Å². The van der Waals surface area contributed by atoms with E-state index in [4.69, 9.17) is 4.74 Å². The third-order valence-corrected chi connectivity index (χ3v) is 6.88. The summed E-state index contributed by atoms with van der Waals surface area (Å²) in [5.74, 6) is 6.07. The van der Waals surface area contributed by atoms with E-state index < -0.39 is 0 Å². The fourth-order valence-electron chi connectivity index (χ4n) is 5.83. The van der Waals surface area contributed by atoms with Crippen molar-refractivity contribution in [3.63, 3.8) is 0 Å². The highest BCUT2D eigenvalue weighted by atomic mass is 16.5. The van der Waals surface area contributed by atoms with Crippen molar-refractivity contribution in [3.05, 3.63) is 29.8 Å². The molecule has 112 valence electrons. The molecule has 0 aromatic heterocycles. The Labute approximate surface area is 127 Å². The largest absolute Gasteiger partial charge is 0.496 e. The maximum Gasteiger partial charge on any atom is 0.122 e. The van der Waals surface area contributed by atoms with Crippen molar-refractivity contribution >= 4 is 0 Å². The van der Waals surface area contributed by atoms with E-state index in [-0.39, 0.29) is 0 Å². The lowest BCUT2D eigenvalue weighted by Crippen LogP contribution is -2.43. The van der Waals surface area contributed by atoms with Gasteiger partial charge in [0.05, 0.1) is 7.11 Å². The highest BCUT2D eigenvalue weighted by molar-refractivity contribution is 5.38. The number of fused-ring (bicyclic) bond motifs is 5. The molecule has 4 fully saturated rings. The number of nitrogens with one attached hydrogen (secondary N) is 1. The van der Waals surface area contributed by atoms with Crippen molar-refractivity contribution < 1.29 is 4.74 Å². The van der Waals surface area contributed by atoms with Crippen LogP contribution in [0.3, 0.4) is 0 Å². The molecule has 4 aliphatic rings. The van der Waals surface area contributed by atoms with Crippen LogP contribution >= 0.6 is 0 Å². The van der Waals surface area contributed by atoms with Gasteiger partial charge in [0.25, 0.3) is 0 Å². The predicted octanol–water partition coefficient (Wildman–Crippen LogP) is 3.58. The molecule has 0 saturated heterocycles. The van der Waals surface area contributed by atoms with Crippen LogP contribution in [-0.4, -0.2) is 19.2 Å². The standard InChI is InChI=1S/C19H25NO/c1-21-16-5-3-2-4-15(16)13-9-14(10-13)20-19-17-11-6-7-12(8-11)18(17)19/h2-5,11-14,17-20H,6-10H2,1H3. The molecule has 2 bridgehead atoms. The van der Waals surface area contributed by atoms with Crippen LogP contribution in [0.2, 0.25) is 0 Å². The van der Waals surface area contributed by atoms with Gasteiger partial charge in [0.15, 0.2) is 0 Å². The minimum atomic E-state index is 0.703. The van der Waals surface area contributed by atoms with Crippen LogP contribution in [-0.2, 0) is 0 Å². The summed E-state index contributed by atoms with van der Waals surface area (Å²) in [6.07, 6.45) is 7.20. The van der Waals surface area contributed by atoms with Gasteiger partial charge in [0, 0.05) is 12.1 Å². The molecule has 0 radical (unpaired) electrons. The molecule has 4 atom stereocenters. The maximum atomic E-state index is 5.51. The van der Waals surface area contributed by atoms with E-state index in [0.717, 1.165) is 41.5 Å². The lowest BCUT2D eigenvalue weighted by atomic mass is 9.75. The van der Waals surface area contributed by atoms with Gasteiger partial charge in [0.2, 0.25) is 0 Å². The predicted molar refractivity (Wildman–Crippen MR) is 83.5 cm³/mol. The van der Waals surface area contributed by atoms with Gasteiger partial charge in [-0.05, 0) is 73.3 Å². The Morgan fingerprint density at radius 3 is 2.43 bits per heavy atom. The van der Waals surface area contributed by atoms with Gasteiger partial charge in [0.1, 0.15) is 5.75 Å².